The van der Waals surface area contributed by atoms with Crippen molar-refractivity contribution in [1.82, 2.24) is 20.0 Å². The zero-order chi connectivity index (χ0) is 12.7. The number of nitrogens with one attached hydrogen (secondary N) is 1. The van der Waals surface area contributed by atoms with Gasteiger partial charge in [0, 0.05) is 17.3 Å². The van der Waals surface area contributed by atoms with Gasteiger partial charge in [0.1, 0.15) is 5.69 Å². The Bertz CT molecular complexity index is 740. The van der Waals surface area contributed by atoms with E-state index in [0.29, 0.717) is 18.8 Å². The molecule has 0 atom stereocenters. The summed E-state index contributed by atoms with van der Waals surface area (Å²) in [5.41, 5.74) is 12.9. The predicted molar refractivity (Wildman–Crippen MR) is 67.0 cm³/mol. The van der Waals surface area contributed by atoms with Gasteiger partial charge in [-0.3, -0.25) is 14.6 Å². The molecule has 5 N–H and O–H groups in total. The number of fused-ring (bicyclic) bond motifs is 3. The molecule has 0 aliphatic rings. The molecule has 0 radical (unpaired) electrons. The molecule has 0 bridgehead atoms. The van der Waals surface area contributed by atoms with Crippen LogP contribution in [-0.2, 0) is 6.54 Å². The summed E-state index contributed by atoms with van der Waals surface area (Å²) in [7, 11) is 0. The number of rotatable bonds is 3. The van der Waals surface area contributed by atoms with Crippen LogP contribution in [0, 0.1) is 0 Å². The third kappa shape index (κ3) is 1.37. The standard InChI is InChI=1S/C11H12N6O/c12-3-4-17-10-6(9(16-17)11(13)18)1-2-8-7(10)5-14-15-8/h1-2,5,16H,3-4,12H2,(H2,13,18). The molecule has 0 saturated heterocycles. The monoisotopic (exact) mass is 244 g/mol. The minimum atomic E-state index is -0.498. The summed E-state index contributed by atoms with van der Waals surface area (Å²) in [6.07, 6.45) is 1.67. The van der Waals surface area contributed by atoms with E-state index in [1.54, 1.807) is 10.9 Å². The van der Waals surface area contributed by atoms with E-state index in [1.165, 1.54) is 0 Å². The number of primary amides is 1. The van der Waals surface area contributed by atoms with Gasteiger partial charge in [-0.05, 0) is 12.1 Å². The first-order chi connectivity index (χ1) is 8.72. The van der Waals surface area contributed by atoms with Crippen molar-refractivity contribution in [1.29, 1.82) is 0 Å². The lowest BCUT2D eigenvalue weighted by atomic mass is 10.1. The van der Waals surface area contributed by atoms with Crippen molar-refractivity contribution in [3.63, 3.8) is 0 Å². The van der Waals surface area contributed by atoms with Gasteiger partial charge in [-0.25, -0.2) is 0 Å². The van der Waals surface area contributed by atoms with Crippen LogP contribution in [0.4, 0.5) is 0 Å². The molecule has 0 spiro atoms. The summed E-state index contributed by atoms with van der Waals surface area (Å²) in [6, 6.07) is 3.63. The summed E-state index contributed by atoms with van der Waals surface area (Å²) >= 11 is 0. The lowest BCUT2D eigenvalue weighted by molar-refractivity contribution is 0.0996. The van der Waals surface area contributed by atoms with Crippen LogP contribution in [0.3, 0.4) is 0 Å². The van der Waals surface area contributed by atoms with Crippen LogP contribution >= 0.6 is 0 Å². The van der Waals surface area contributed by atoms with E-state index in [-0.39, 0.29) is 0 Å². The summed E-state index contributed by atoms with van der Waals surface area (Å²) in [5.74, 6) is -0.498. The smallest absolute Gasteiger partial charge is 0.267 e. The number of nitrogens with zero attached hydrogens (tertiary/aromatic N) is 3. The third-order valence-corrected chi connectivity index (χ3v) is 2.93. The molecule has 0 unspecified atom stereocenters. The lowest BCUT2D eigenvalue weighted by Crippen LogP contribution is -2.15. The SMILES string of the molecule is NCCn1[nH]c(C(N)=O)c2ccc3nncc3c21. The van der Waals surface area contributed by atoms with Crippen molar-refractivity contribution in [2.24, 2.45) is 11.5 Å². The molecule has 3 aromatic rings. The van der Waals surface area contributed by atoms with E-state index in [1.807, 2.05) is 12.1 Å². The van der Waals surface area contributed by atoms with Crippen molar-refractivity contribution < 1.29 is 4.79 Å². The number of hydrogen-bond donors (Lipinski definition) is 3. The average Bonchev–Trinajstić information content (AvgIpc) is 2.92. The first-order valence-electron chi connectivity index (χ1n) is 5.55. The molecule has 2 heterocycles. The normalized spacial score (nSPS) is 11.4. The lowest BCUT2D eigenvalue weighted by Gasteiger charge is -2.02. The summed E-state index contributed by atoms with van der Waals surface area (Å²) in [6.45, 7) is 1.02. The van der Waals surface area contributed by atoms with Gasteiger partial charge >= 0.3 is 0 Å². The van der Waals surface area contributed by atoms with Gasteiger partial charge in [0.25, 0.3) is 5.91 Å². The molecule has 92 valence electrons. The van der Waals surface area contributed by atoms with Crippen LogP contribution in [0.25, 0.3) is 21.8 Å². The van der Waals surface area contributed by atoms with Gasteiger partial charge in [-0.15, -0.1) is 0 Å². The zero-order valence-electron chi connectivity index (χ0n) is 9.55. The van der Waals surface area contributed by atoms with Crippen molar-refractivity contribution in [3.05, 3.63) is 24.0 Å². The molecule has 3 rings (SSSR count). The number of benzene rings is 1. The Morgan fingerprint density at radius 3 is 2.94 bits per heavy atom. The average molecular weight is 244 g/mol. The van der Waals surface area contributed by atoms with E-state index >= 15 is 0 Å². The van der Waals surface area contributed by atoms with Gasteiger partial charge in [-0.2, -0.15) is 10.2 Å². The van der Waals surface area contributed by atoms with Crippen LogP contribution in [0.2, 0.25) is 0 Å². The van der Waals surface area contributed by atoms with Crippen LogP contribution in [0.5, 0.6) is 0 Å². The first-order valence-corrected chi connectivity index (χ1v) is 5.55. The molecule has 2 aromatic heterocycles. The Morgan fingerprint density at radius 2 is 2.22 bits per heavy atom. The quantitative estimate of drug-likeness (QED) is 0.600. The number of hydrogen-bond acceptors (Lipinski definition) is 4. The number of H-pyrrole nitrogens is 1. The molecule has 1 aromatic carbocycles. The van der Waals surface area contributed by atoms with E-state index in [2.05, 4.69) is 15.3 Å². The van der Waals surface area contributed by atoms with Crippen molar-refractivity contribution >= 4 is 27.7 Å². The molecule has 0 fully saturated rings. The molecule has 0 aliphatic heterocycles. The number of aromatic amines is 1. The summed E-state index contributed by atoms with van der Waals surface area (Å²) in [4.78, 5) is 11.4. The minimum absolute atomic E-state index is 0.376. The Morgan fingerprint density at radius 1 is 1.39 bits per heavy atom. The predicted octanol–water partition coefficient (Wildman–Crippen LogP) is -0.0298. The van der Waals surface area contributed by atoms with Gasteiger partial charge < -0.3 is 11.5 Å². The van der Waals surface area contributed by atoms with Crippen LogP contribution in [0.15, 0.2) is 18.3 Å². The van der Waals surface area contributed by atoms with Crippen molar-refractivity contribution in [3.8, 4) is 0 Å². The Hall–Kier alpha value is -2.41. The second-order valence-electron chi connectivity index (χ2n) is 4.03. The fourth-order valence-corrected chi connectivity index (χ4v) is 2.19. The highest BCUT2D eigenvalue weighted by atomic mass is 16.1. The van der Waals surface area contributed by atoms with E-state index in [9.17, 15) is 4.79 Å². The zero-order valence-corrected chi connectivity index (χ0v) is 9.55. The molecule has 7 heteroatoms. The number of carbonyl (C=O) groups excluding carboxylic acids is 1. The topological polar surface area (TPSA) is 116 Å². The Kier molecular flexibility index (Phi) is 2.27. The molecule has 18 heavy (non-hydrogen) atoms. The maximum atomic E-state index is 11.4. The highest BCUT2D eigenvalue weighted by Crippen LogP contribution is 2.26. The van der Waals surface area contributed by atoms with Gasteiger partial charge in [0.05, 0.1) is 23.8 Å². The van der Waals surface area contributed by atoms with Crippen LogP contribution in [0.1, 0.15) is 10.5 Å². The fraction of sp³-hybridized carbons (Fsp3) is 0.182. The number of amides is 1. The minimum Gasteiger partial charge on any atom is -0.364 e. The molecule has 0 saturated carbocycles. The second kappa shape index (κ2) is 3.81. The Balaban J connectivity index is 2.44. The molecular formula is C11H12N6O. The molecule has 1 amide bonds. The van der Waals surface area contributed by atoms with Gasteiger partial charge in [-0.1, -0.05) is 0 Å². The molecule has 0 aliphatic carbocycles. The third-order valence-electron chi connectivity index (χ3n) is 2.93. The molecule has 7 nitrogen and oxygen atoms in total. The molecular weight excluding hydrogens is 232 g/mol. The maximum absolute atomic E-state index is 11.4. The van der Waals surface area contributed by atoms with Crippen LogP contribution in [-0.4, -0.2) is 32.4 Å². The van der Waals surface area contributed by atoms with Gasteiger partial charge in [0.15, 0.2) is 0 Å². The Labute approximate surface area is 102 Å². The fourth-order valence-electron chi connectivity index (χ4n) is 2.19. The van der Waals surface area contributed by atoms with Crippen molar-refractivity contribution in [2.75, 3.05) is 6.54 Å². The van der Waals surface area contributed by atoms with E-state index < -0.39 is 5.91 Å². The first kappa shape index (κ1) is 10.7. The van der Waals surface area contributed by atoms with Crippen LogP contribution < -0.4 is 11.5 Å². The number of carbonyl (C=O) groups is 1. The van der Waals surface area contributed by atoms with Crippen molar-refractivity contribution in [2.45, 2.75) is 6.54 Å². The summed E-state index contributed by atoms with van der Waals surface area (Å²) in [5, 5.41) is 12.5. The number of aromatic nitrogens is 4. The van der Waals surface area contributed by atoms with Gasteiger partial charge in [0.2, 0.25) is 0 Å². The number of nitrogens with two attached hydrogens (primary N) is 2. The summed E-state index contributed by atoms with van der Waals surface area (Å²) < 4.78 is 1.81. The largest absolute Gasteiger partial charge is 0.364 e. The van der Waals surface area contributed by atoms with E-state index in [4.69, 9.17) is 11.5 Å². The highest BCUT2D eigenvalue weighted by Gasteiger charge is 2.16. The highest BCUT2D eigenvalue weighted by molar-refractivity contribution is 6.12. The van der Waals surface area contributed by atoms with E-state index in [0.717, 1.165) is 21.8 Å². The second-order valence-corrected chi connectivity index (χ2v) is 4.03. The maximum Gasteiger partial charge on any atom is 0.267 e.